The molecule has 4 rings (SSSR count). The molecule has 0 bridgehead atoms. The van der Waals surface area contributed by atoms with Crippen LogP contribution in [0.3, 0.4) is 0 Å². The van der Waals surface area contributed by atoms with E-state index in [1.807, 2.05) is 12.1 Å². The van der Waals surface area contributed by atoms with Crippen molar-refractivity contribution in [3.8, 4) is 23.0 Å². The average molecular weight is 545 g/mol. The van der Waals surface area contributed by atoms with Gasteiger partial charge in [0, 0.05) is 10.6 Å². The summed E-state index contributed by atoms with van der Waals surface area (Å²) < 4.78 is 21.6. The number of hydrogen-bond donors (Lipinski definition) is 1. The van der Waals surface area contributed by atoms with E-state index >= 15 is 0 Å². The molecule has 0 spiro atoms. The van der Waals surface area contributed by atoms with Crippen LogP contribution in [-0.4, -0.2) is 32.3 Å². The lowest BCUT2D eigenvalue weighted by Crippen LogP contribution is -2.17. The summed E-state index contributed by atoms with van der Waals surface area (Å²) in [5, 5.41) is 4.67. The van der Waals surface area contributed by atoms with Crippen LogP contribution in [0.25, 0.3) is 0 Å². The van der Waals surface area contributed by atoms with E-state index in [1.165, 1.54) is 20.4 Å². The van der Waals surface area contributed by atoms with Crippen LogP contribution < -0.4 is 24.4 Å². The maximum Gasteiger partial charge on any atom is 0.343 e. The molecule has 1 amide bonds. The fourth-order valence-electron chi connectivity index (χ4n) is 3.43. The highest BCUT2D eigenvalue weighted by molar-refractivity contribution is 6.30. The van der Waals surface area contributed by atoms with Gasteiger partial charge in [-0.1, -0.05) is 23.7 Å². The maximum atomic E-state index is 12.5. The fourth-order valence-corrected chi connectivity index (χ4v) is 3.56. The molecule has 0 aliphatic heterocycles. The molecule has 0 heterocycles. The average Bonchev–Trinajstić information content (AvgIpc) is 2.97. The molecular formula is C30H25ClN2O6. The highest BCUT2D eigenvalue weighted by Gasteiger charge is 2.13. The number of ether oxygens (including phenoxy) is 4. The van der Waals surface area contributed by atoms with E-state index < -0.39 is 5.97 Å². The molecular weight excluding hydrogens is 520 g/mol. The second kappa shape index (κ2) is 13.1. The van der Waals surface area contributed by atoms with E-state index in [4.69, 9.17) is 30.5 Å². The molecule has 0 radical (unpaired) electrons. The van der Waals surface area contributed by atoms with Crippen molar-refractivity contribution in [2.75, 3.05) is 14.2 Å². The zero-order valence-corrected chi connectivity index (χ0v) is 22.0. The van der Waals surface area contributed by atoms with E-state index in [2.05, 4.69) is 10.5 Å². The highest BCUT2D eigenvalue weighted by Crippen LogP contribution is 2.28. The summed E-state index contributed by atoms with van der Waals surface area (Å²) in [5.41, 5.74) is 4.93. The molecule has 8 nitrogen and oxygen atoms in total. The SMILES string of the molecule is COc1ccc(C(=O)Oc2ccc(/C=N/NC(=O)c3ccc(OCc4ccc(Cl)cc4)cc3)cc2)cc1OC. The normalized spacial score (nSPS) is 10.6. The minimum atomic E-state index is -0.536. The van der Waals surface area contributed by atoms with Crippen LogP contribution in [0.4, 0.5) is 0 Å². The Hall–Kier alpha value is -4.82. The molecule has 4 aromatic carbocycles. The number of halogens is 1. The third-order valence-electron chi connectivity index (χ3n) is 5.52. The fraction of sp³-hybridized carbons (Fsp3) is 0.100. The maximum absolute atomic E-state index is 12.5. The molecule has 198 valence electrons. The number of hydrazone groups is 1. The Balaban J connectivity index is 1.26. The Morgan fingerprint density at radius 1 is 0.795 bits per heavy atom. The summed E-state index contributed by atoms with van der Waals surface area (Å²) >= 11 is 5.89. The van der Waals surface area contributed by atoms with Crippen molar-refractivity contribution in [1.82, 2.24) is 5.43 Å². The summed E-state index contributed by atoms with van der Waals surface area (Å²) in [7, 11) is 3.01. The Morgan fingerprint density at radius 2 is 1.44 bits per heavy atom. The topological polar surface area (TPSA) is 95.5 Å². The summed E-state index contributed by atoms with van der Waals surface area (Å²) in [5.74, 6) is 1.04. The number of nitrogens with one attached hydrogen (secondary N) is 1. The zero-order valence-electron chi connectivity index (χ0n) is 21.2. The first kappa shape index (κ1) is 27.2. The molecule has 9 heteroatoms. The molecule has 4 aromatic rings. The van der Waals surface area contributed by atoms with Gasteiger partial charge in [-0.25, -0.2) is 10.2 Å². The molecule has 0 aliphatic rings. The van der Waals surface area contributed by atoms with Crippen LogP contribution in [-0.2, 0) is 6.61 Å². The molecule has 1 N–H and O–H groups in total. The van der Waals surface area contributed by atoms with Crippen LogP contribution in [0.5, 0.6) is 23.0 Å². The number of nitrogens with zero attached hydrogens (tertiary/aromatic N) is 1. The van der Waals surface area contributed by atoms with Crippen molar-refractivity contribution < 1.29 is 28.5 Å². The number of carbonyl (C=O) groups is 2. The zero-order chi connectivity index (χ0) is 27.6. The molecule has 0 aliphatic carbocycles. The molecule has 0 unspecified atom stereocenters. The van der Waals surface area contributed by atoms with Crippen LogP contribution in [0.15, 0.2) is 96.1 Å². The third kappa shape index (κ3) is 7.59. The number of amides is 1. The van der Waals surface area contributed by atoms with E-state index in [1.54, 1.807) is 78.9 Å². The van der Waals surface area contributed by atoms with Gasteiger partial charge in [0.05, 0.1) is 26.0 Å². The minimum absolute atomic E-state index is 0.321. The quantitative estimate of drug-likeness (QED) is 0.115. The van der Waals surface area contributed by atoms with Crippen molar-refractivity contribution in [3.63, 3.8) is 0 Å². The molecule has 39 heavy (non-hydrogen) atoms. The Kier molecular flexibility index (Phi) is 9.16. The van der Waals surface area contributed by atoms with Crippen LogP contribution in [0.2, 0.25) is 5.02 Å². The predicted octanol–water partition coefficient (Wildman–Crippen LogP) is 5.92. The largest absolute Gasteiger partial charge is 0.493 e. The first-order chi connectivity index (χ1) is 18.9. The molecule has 0 aromatic heterocycles. The molecule has 0 saturated carbocycles. The highest BCUT2D eigenvalue weighted by atomic mass is 35.5. The lowest BCUT2D eigenvalue weighted by molar-refractivity contribution is 0.0734. The van der Waals surface area contributed by atoms with Gasteiger partial charge in [0.25, 0.3) is 5.91 Å². The summed E-state index contributed by atoms with van der Waals surface area (Å²) in [4.78, 5) is 24.9. The van der Waals surface area contributed by atoms with Gasteiger partial charge in [-0.15, -0.1) is 0 Å². The minimum Gasteiger partial charge on any atom is -0.493 e. The summed E-state index contributed by atoms with van der Waals surface area (Å²) in [6.45, 7) is 0.390. The van der Waals surface area contributed by atoms with Gasteiger partial charge in [-0.05, 0) is 90.0 Å². The third-order valence-corrected chi connectivity index (χ3v) is 5.78. The van der Waals surface area contributed by atoms with E-state index in [-0.39, 0.29) is 5.91 Å². The first-order valence-corrected chi connectivity index (χ1v) is 12.2. The lowest BCUT2D eigenvalue weighted by atomic mass is 10.2. The number of rotatable bonds is 10. The number of carbonyl (C=O) groups excluding carboxylic acids is 2. The number of benzene rings is 4. The van der Waals surface area contributed by atoms with E-state index in [0.29, 0.717) is 51.3 Å². The predicted molar refractivity (Wildman–Crippen MR) is 148 cm³/mol. The number of hydrogen-bond acceptors (Lipinski definition) is 7. The van der Waals surface area contributed by atoms with Gasteiger partial charge in [-0.2, -0.15) is 5.10 Å². The van der Waals surface area contributed by atoms with Gasteiger partial charge in [-0.3, -0.25) is 4.79 Å². The van der Waals surface area contributed by atoms with Gasteiger partial charge in [0.15, 0.2) is 11.5 Å². The van der Waals surface area contributed by atoms with Crippen molar-refractivity contribution >= 4 is 29.7 Å². The Morgan fingerprint density at radius 3 is 2.10 bits per heavy atom. The number of methoxy groups -OCH3 is 2. The Bertz CT molecular complexity index is 1450. The van der Waals surface area contributed by atoms with Gasteiger partial charge in [0.1, 0.15) is 18.1 Å². The lowest BCUT2D eigenvalue weighted by Gasteiger charge is -2.09. The van der Waals surface area contributed by atoms with Gasteiger partial charge < -0.3 is 18.9 Å². The van der Waals surface area contributed by atoms with Crippen molar-refractivity contribution in [3.05, 3.63) is 118 Å². The Labute approximate surface area is 230 Å². The second-order valence-corrected chi connectivity index (χ2v) is 8.60. The standard InChI is InChI=1S/C30H25ClN2O6/c1-36-27-16-9-23(17-28(27)37-2)30(35)39-26-12-5-20(6-13-26)18-32-33-29(34)22-7-14-25(15-8-22)38-19-21-3-10-24(31)11-4-21/h3-18H,19H2,1-2H3,(H,33,34)/b32-18+. The summed E-state index contributed by atoms with van der Waals surface area (Å²) in [6.07, 6.45) is 1.49. The monoisotopic (exact) mass is 544 g/mol. The van der Waals surface area contributed by atoms with Crippen molar-refractivity contribution in [1.29, 1.82) is 0 Å². The second-order valence-electron chi connectivity index (χ2n) is 8.17. The van der Waals surface area contributed by atoms with Crippen LogP contribution in [0.1, 0.15) is 31.8 Å². The van der Waals surface area contributed by atoms with Gasteiger partial charge in [0.2, 0.25) is 0 Å². The van der Waals surface area contributed by atoms with Gasteiger partial charge >= 0.3 is 5.97 Å². The van der Waals surface area contributed by atoms with E-state index in [0.717, 1.165) is 5.56 Å². The number of esters is 1. The van der Waals surface area contributed by atoms with E-state index in [9.17, 15) is 9.59 Å². The first-order valence-electron chi connectivity index (χ1n) is 11.8. The van der Waals surface area contributed by atoms with Crippen molar-refractivity contribution in [2.24, 2.45) is 5.10 Å². The van der Waals surface area contributed by atoms with Crippen LogP contribution in [0, 0.1) is 0 Å². The molecule has 0 atom stereocenters. The van der Waals surface area contributed by atoms with Crippen molar-refractivity contribution in [2.45, 2.75) is 6.61 Å². The summed E-state index contributed by atoms with van der Waals surface area (Å²) in [6, 6.07) is 25.6. The smallest absolute Gasteiger partial charge is 0.343 e. The molecule has 0 fully saturated rings. The molecule has 0 saturated heterocycles. The van der Waals surface area contributed by atoms with Crippen LogP contribution >= 0.6 is 11.6 Å².